The van der Waals surface area contributed by atoms with E-state index in [1.807, 2.05) is 10.8 Å². The Morgan fingerprint density at radius 3 is 2.77 bits per heavy atom. The van der Waals surface area contributed by atoms with E-state index in [9.17, 15) is 4.79 Å². The van der Waals surface area contributed by atoms with E-state index in [2.05, 4.69) is 4.98 Å². The van der Waals surface area contributed by atoms with E-state index in [1.54, 1.807) is 18.2 Å². The van der Waals surface area contributed by atoms with Crippen LogP contribution in [0.2, 0.25) is 5.15 Å². The summed E-state index contributed by atoms with van der Waals surface area (Å²) < 4.78 is 0. The molecule has 0 aromatic carbocycles. The molecule has 4 heteroatoms. The summed E-state index contributed by atoms with van der Waals surface area (Å²) in [5.41, 5.74) is 1.23. The highest BCUT2D eigenvalue weighted by atomic mass is 35.5. The molecule has 1 N–H and O–H groups in total. The van der Waals surface area contributed by atoms with Crippen molar-refractivity contribution in [1.82, 2.24) is 4.98 Å². The van der Waals surface area contributed by atoms with Crippen LogP contribution < -0.4 is 0 Å². The van der Waals surface area contributed by atoms with Crippen molar-refractivity contribution in [3.8, 4) is 0 Å². The number of halogens is 1. The average Bonchev–Trinajstić information content (AvgIpc) is 2.72. The Bertz CT molecular complexity index is 419. The number of aromatic amines is 1. The minimum Gasteiger partial charge on any atom is -0.343 e. The fraction of sp³-hybridized carbons (Fsp3) is 0. The molecule has 0 aliphatic heterocycles. The van der Waals surface area contributed by atoms with Gasteiger partial charge in [-0.15, -0.1) is 0 Å². The van der Waals surface area contributed by atoms with Crippen molar-refractivity contribution in [2.24, 2.45) is 0 Å². The minimum absolute atomic E-state index is 0.0202. The fourth-order valence-electron chi connectivity index (χ4n) is 1.05. The number of carbonyl (C=O) groups is 1. The van der Waals surface area contributed by atoms with E-state index in [1.165, 1.54) is 11.3 Å². The Morgan fingerprint density at radius 2 is 2.23 bits per heavy atom. The van der Waals surface area contributed by atoms with Gasteiger partial charge in [0.15, 0.2) is 0 Å². The number of H-pyrrole nitrogens is 1. The number of hydrogen-bond acceptors (Lipinski definition) is 2. The van der Waals surface area contributed by atoms with Gasteiger partial charge in [0, 0.05) is 10.9 Å². The molecular weight excluding hydrogens is 206 g/mol. The van der Waals surface area contributed by atoms with Crippen LogP contribution in [0.15, 0.2) is 29.0 Å². The Hall–Kier alpha value is -1.06. The van der Waals surface area contributed by atoms with Crippen LogP contribution in [0, 0.1) is 0 Å². The topological polar surface area (TPSA) is 32.9 Å². The SMILES string of the molecule is O=C(c1ccsc1)c1ccc(Cl)[nH]1. The standard InChI is InChI=1S/C9H6ClNOS/c10-8-2-1-7(11-8)9(12)6-3-4-13-5-6/h1-5,11H. The van der Waals surface area contributed by atoms with E-state index in [4.69, 9.17) is 11.6 Å². The summed E-state index contributed by atoms with van der Waals surface area (Å²) in [5.74, 6) is -0.0202. The van der Waals surface area contributed by atoms with Gasteiger partial charge in [-0.1, -0.05) is 11.6 Å². The van der Waals surface area contributed by atoms with Gasteiger partial charge in [-0.2, -0.15) is 11.3 Å². The lowest BCUT2D eigenvalue weighted by molar-refractivity contribution is 0.103. The van der Waals surface area contributed by atoms with Crippen LogP contribution in [-0.4, -0.2) is 10.8 Å². The second-order valence-electron chi connectivity index (χ2n) is 2.56. The summed E-state index contributed by atoms with van der Waals surface area (Å²) in [6.45, 7) is 0. The van der Waals surface area contributed by atoms with Crippen molar-refractivity contribution in [1.29, 1.82) is 0 Å². The molecule has 0 atom stereocenters. The molecule has 0 saturated heterocycles. The highest BCUT2D eigenvalue weighted by Gasteiger charge is 2.10. The van der Waals surface area contributed by atoms with Gasteiger partial charge in [-0.05, 0) is 23.6 Å². The number of rotatable bonds is 2. The third-order valence-electron chi connectivity index (χ3n) is 1.68. The number of aromatic nitrogens is 1. The van der Waals surface area contributed by atoms with Crippen molar-refractivity contribution in [2.75, 3.05) is 0 Å². The van der Waals surface area contributed by atoms with Crippen LogP contribution in [0.25, 0.3) is 0 Å². The predicted octanol–water partition coefficient (Wildman–Crippen LogP) is 2.96. The maximum absolute atomic E-state index is 11.6. The van der Waals surface area contributed by atoms with E-state index < -0.39 is 0 Å². The summed E-state index contributed by atoms with van der Waals surface area (Å²) in [7, 11) is 0. The summed E-state index contributed by atoms with van der Waals surface area (Å²) in [5, 5.41) is 4.17. The Morgan fingerprint density at radius 1 is 1.38 bits per heavy atom. The van der Waals surface area contributed by atoms with Gasteiger partial charge in [0.1, 0.15) is 5.15 Å². The van der Waals surface area contributed by atoms with Crippen LogP contribution >= 0.6 is 22.9 Å². The summed E-state index contributed by atoms with van der Waals surface area (Å²) in [6.07, 6.45) is 0. The molecule has 0 unspecified atom stereocenters. The third kappa shape index (κ3) is 1.66. The molecule has 0 fully saturated rings. The summed E-state index contributed by atoms with van der Waals surface area (Å²) in [4.78, 5) is 14.4. The lowest BCUT2D eigenvalue weighted by Gasteiger charge is -1.92. The molecule has 13 heavy (non-hydrogen) atoms. The van der Waals surface area contributed by atoms with Gasteiger partial charge >= 0.3 is 0 Å². The Balaban J connectivity index is 2.33. The van der Waals surface area contributed by atoms with E-state index >= 15 is 0 Å². The van der Waals surface area contributed by atoms with E-state index in [-0.39, 0.29) is 5.78 Å². The smallest absolute Gasteiger partial charge is 0.210 e. The molecule has 0 aliphatic rings. The molecule has 0 spiro atoms. The third-order valence-corrected chi connectivity index (χ3v) is 2.58. The fourth-order valence-corrected chi connectivity index (χ4v) is 1.85. The second kappa shape index (κ2) is 3.36. The zero-order valence-corrected chi connectivity index (χ0v) is 8.15. The molecule has 2 aromatic heterocycles. The molecule has 0 aliphatic carbocycles. The second-order valence-corrected chi connectivity index (χ2v) is 3.75. The van der Waals surface area contributed by atoms with Crippen molar-refractivity contribution in [3.63, 3.8) is 0 Å². The molecule has 2 aromatic rings. The summed E-state index contributed by atoms with van der Waals surface area (Å²) in [6, 6.07) is 5.14. The molecule has 2 heterocycles. The normalized spacial score (nSPS) is 10.2. The van der Waals surface area contributed by atoms with E-state index in [0.717, 1.165) is 0 Å². The number of hydrogen-bond donors (Lipinski definition) is 1. The maximum atomic E-state index is 11.6. The number of thiophene rings is 1. The van der Waals surface area contributed by atoms with Crippen molar-refractivity contribution >= 4 is 28.7 Å². The first-order valence-corrected chi connectivity index (χ1v) is 5.01. The monoisotopic (exact) mass is 211 g/mol. The van der Waals surface area contributed by atoms with Gasteiger partial charge in [0.25, 0.3) is 0 Å². The molecular formula is C9H6ClNOS. The molecule has 2 nitrogen and oxygen atoms in total. The molecule has 0 bridgehead atoms. The lowest BCUT2D eigenvalue weighted by Crippen LogP contribution is -1.99. The first-order valence-electron chi connectivity index (χ1n) is 3.69. The highest BCUT2D eigenvalue weighted by Crippen LogP contribution is 2.14. The molecule has 0 radical (unpaired) electrons. The highest BCUT2D eigenvalue weighted by molar-refractivity contribution is 7.08. The summed E-state index contributed by atoms with van der Waals surface area (Å²) >= 11 is 7.16. The predicted molar refractivity (Wildman–Crippen MR) is 53.6 cm³/mol. The van der Waals surface area contributed by atoms with Gasteiger partial charge in [-0.3, -0.25) is 4.79 Å². The van der Waals surface area contributed by atoms with Crippen LogP contribution in [0.3, 0.4) is 0 Å². The van der Waals surface area contributed by atoms with Crippen LogP contribution in [0.4, 0.5) is 0 Å². The zero-order valence-electron chi connectivity index (χ0n) is 6.58. The molecule has 0 amide bonds. The van der Waals surface area contributed by atoms with Crippen molar-refractivity contribution < 1.29 is 4.79 Å². The van der Waals surface area contributed by atoms with Crippen LogP contribution in [0.5, 0.6) is 0 Å². The average molecular weight is 212 g/mol. The zero-order chi connectivity index (χ0) is 9.26. The van der Waals surface area contributed by atoms with Crippen LogP contribution in [-0.2, 0) is 0 Å². The molecule has 2 rings (SSSR count). The number of nitrogens with one attached hydrogen (secondary N) is 1. The van der Waals surface area contributed by atoms with Crippen LogP contribution in [0.1, 0.15) is 16.1 Å². The first kappa shape index (κ1) is 8.53. The van der Waals surface area contributed by atoms with E-state index in [0.29, 0.717) is 16.4 Å². The minimum atomic E-state index is -0.0202. The largest absolute Gasteiger partial charge is 0.343 e. The maximum Gasteiger partial charge on any atom is 0.210 e. The van der Waals surface area contributed by atoms with Gasteiger partial charge < -0.3 is 4.98 Å². The number of ketones is 1. The Kier molecular flexibility index (Phi) is 2.20. The van der Waals surface area contributed by atoms with Crippen molar-refractivity contribution in [2.45, 2.75) is 0 Å². The van der Waals surface area contributed by atoms with Gasteiger partial charge in [-0.25, -0.2) is 0 Å². The lowest BCUT2D eigenvalue weighted by atomic mass is 10.2. The quantitative estimate of drug-likeness (QED) is 0.762. The molecule has 0 saturated carbocycles. The van der Waals surface area contributed by atoms with Crippen molar-refractivity contribution in [3.05, 3.63) is 45.4 Å². The Labute approximate surface area is 84.2 Å². The number of carbonyl (C=O) groups excluding carboxylic acids is 1. The van der Waals surface area contributed by atoms with Gasteiger partial charge in [0.2, 0.25) is 5.78 Å². The molecule has 66 valence electrons. The first-order chi connectivity index (χ1) is 6.27. The van der Waals surface area contributed by atoms with Gasteiger partial charge in [0.05, 0.1) is 5.69 Å².